The Bertz CT molecular complexity index is 1720. The maximum Gasteiger partial charge on any atom is 0.315 e. The van der Waals surface area contributed by atoms with Gasteiger partial charge in [-0.3, -0.25) is 9.59 Å². The van der Waals surface area contributed by atoms with E-state index in [-0.39, 0.29) is 64.0 Å². The lowest BCUT2D eigenvalue weighted by Gasteiger charge is -2.44. The average Bonchev–Trinajstić information content (AvgIpc) is 3.28. The van der Waals surface area contributed by atoms with Crippen molar-refractivity contribution in [3.05, 3.63) is 85.1 Å². The molecule has 0 bridgehead atoms. The van der Waals surface area contributed by atoms with Crippen LogP contribution in [0.1, 0.15) is 91.9 Å². The average molecular weight is 982 g/mol. The molecule has 14 N–H and O–H groups in total. The van der Waals surface area contributed by atoms with E-state index in [1.807, 2.05) is 61.6 Å². The second-order valence-corrected chi connectivity index (χ2v) is 17.7. The molecular formula is C49H79N3O17. The summed E-state index contributed by atoms with van der Waals surface area (Å²) in [5.41, 5.74) is 6.08. The molecule has 0 saturated carbocycles. The van der Waals surface area contributed by atoms with Gasteiger partial charge in [0.15, 0.2) is 12.1 Å². The zero-order chi connectivity index (χ0) is 51.5. The van der Waals surface area contributed by atoms with Crippen LogP contribution in [-0.4, -0.2) is 173 Å². The number of aliphatic hydroxyl groups excluding tert-OH is 8. The first-order valence-electron chi connectivity index (χ1n) is 23.6. The monoisotopic (exact) mass is 982 g/mol. The molecule has 0 radical (unpaired) electrons. The fourth-order valence-corrected chi connectivity index (χ4v) is 7.39. The lowest BCUT2D eigenvalue weighted by molar-refractivity contribution is -0.292. The number of nitrogens with one attached hydrogen (secondary N) is 2. The highest BCUT2D eigenvalue weighted by molar-refractivity contribution is 5.75. The van der Waals surface area contributed by atoms with E-state index < -0.39 is 129 Å². The van der Waals surface area contributed by atoms with Crippen molar-refractivity contribution < 1.29 is 84.4 Å². The van der Waals surface area contributed by atoms with E-state index in [2.05, 4.69) is 10.6 Å². The van der Waals surface area contributed by atoms with Crippen LogP contribution in [0.3, 0.4) is 0 Å². The molecule has 16 atom stereocenters. The van der Waals surface area contributed by atoms with Crippen LogP contribution in [0.4, 0.5) is 4.79 Å². The van der Waals surface area contributed by atoms with Crippen LogP contribution in [0.5, 0.6) is 0 Å². The number of carbonyl (C=O) groups excluding carboxylic acids is 2. The molecule has 2 aliphatic heterocycles. The maximum absolute atomic E-state index is 12.9. The molecule has 0 aromatic carbocycles. The minimum atomic E-state index is -2.04. The Morgan fingerprint density at radius 3 is 2.04 bits per heavy atom. The fourth-order valence-electron chi connectivity index (χ4n) is 7.39. The molecule has 0 aliphatic carbocycles. The van der Waals surface area contributed by atoms with Crippen LogP contribution >= 0.6 is 0 Å². The fraction of sp³-hybridized carbons (Fsp3) is 0.653. The van der Waals surface area contributed by atoms with Gasteiger partial charge in [0.1, 0.15) is 12.2 Å². The minimum absolute atomic E-state index is 0.0744. The highest BCUT2D eigenvalue weighted by Crippen LogP contribution is 2.35. The predicted octanol–water partition coefficient (Wildman–Crippen LogP) is 1.18. The van der Waals surface area contributed by atoms with Gasteiger partial charge in [0.05, 0.1) is 79.9 Å². The van der Waals surface area contributed by atoms with Gasteiger partial charge in [0.2, 0.25) is 0 Å². The quantitative estimate of drug-likeness (QED) is 0.0355. The van der Waals surface area contributed by atoms with E-state index in [0.29, 0.717) is 0 Å². The Balaban J connectivity index is 2.20. The van der Waals surface area contributed by atoms with Crippen LogP contribution in [0.2, 0.25) is 0 Å². The standard InChI is InChI=1S/C49H79N3O17/c1-5-6-7-8-9-10-11-12-13-14-15-16-17-18-37(68-47-46(63)44(50)45(62)33(4)67-47)28-41-38(52-48(64)51-24-22-42(59)60)21-23-49(65,69-41)29-36(56)26-40(58)39(57)20-19-34(54)25-35(55)27-43(61)66-32(3)31(2)30-53/h5-18,31-41,44-47,53-58,62-63,65H,19-30,50H2,1-4H3,(H,59,60)(H2,51,52,64)/b6-5+,8-7+,10-9+,12-11+,14-13+,16-15+,18-17+/t31-,32+,33?,34?,35?,36?,37?,38?,39?,40?,41+,44?,45?,46?,47?,49?/m1/s1. The summed E-state index contributed by atoms with van der Waals surface area (Å²) in [6.45, 7) is 6.43. The van der Waals surface area contributed by atoms with E-state index in [1.54, 1.807) is 51.2 Å². The largest absolute Gasteiger partial charge is 0.481 e. The van der Waals surface area contributed by atoms with Crippen LogP contribution in [0, 0.1) is 5.92 Å². The van der Waals surface area contributed by atoms with Crippen molar-refractivity contribution in [2.24, 2.45) is 11.7 Å². The Morgan fingerprint density at radius 2 is 1.45 bits per heavy atom. The molecule has 2 heterocycles. The number of nitrogens with two attached hydrogens (primary N) is 1. The lowest BCUT2D eigenvalue weighted by Crippen LogP contribution is -2.62. The Hall–Kier alpha value is -4.13. The Kier molecular flexibility index (Phi) is 28.9. The summed E-state index contributed by atoms with van der Waals surface area (Å²) in [5.74, 6) is -4.18. The highest BCUT2D eigenvalue weighted by atomic mass is 16.7. The predicted molar refractivity (Wildman–Crippen MR) is 255 cm³/mol. The number of carbonyl (C=O) groups is 3. The number of ether oxygens (including phenoxy) is 4. The first-order chi connectivity index (χ1) is 32.7. The van der Waals surface area contributed by atoms with Gasteiger partial charge in [-0.15, -0.1) is 0 Å². The molecule has 2 saturated heterocycles. The van der Waals surface area contributed by atoms with Crippen LogP contribution in [0.15, 0.2) is 85.1 Å². The van der Waals surface area contributed by atoms with Gasteiger partial charge in [-0.1, -0.05) is 92.0 Å². The molecule has 2 aliphatic rings. The lowest BCUT2D eigenvalue weighted by atomic mass is 9.89. The van der Waals surface area contributed by atoms with Crippen molar-refractivity contribution in [2.45, 2.75) is 183 Å². The van der Waals surface area contributed by atoms with Gasteiger partial charge < -0.3 is 86.4 Å². The number of urea groups is 1. The van der Waals surface area contributed by atoms with E-state index in [0.717, 1.165) is 0 Å². The van der Waals surface area contributed by atoms with Gasteiger partial charge in [-0.2, -0.15) is 0 Å². The zero-order valence-corrected chi connectivity index (χ0v) is 40.1. The topological polar surface area (TPSA) is 341 Å². The maximum atomic E-state index is 12.9. The molecule has 0 aromatic rings. The number of aliphatic carboxylic acids is 1. The summed E-state index contributed by atoms with van der Waals surface area (Å²) in [6, 6.07) is -2.64. The Morgan fingerprint density at radius 1 is 0.841 bits per heavy atom. The van der Waals surface area contributed by atoms with Crippen LogP contribution < -0.4 is 16.4 Å². The molecule has 20 nitrogen and oxygen atoms in total. The number of aliphatic hydroxyl groups is 9. The second-order valence-electron chi connectivity index (χ2n) is 17.7. The van der Waals surface area contributed by atoms with E-state index >= 15 is 0 Å². The zero-order valence-electron chi connectivity index (χ0n) is 40.1. The summed E-state index contributed by atoms with van der Waals surface area (Å²) in [6.07, 6.45) is 9.04. The van der Waals surface area contributed by atoms with Crippen LogP contribution in [0.25, 0.3) is 0 Å². The first-order valence-corrected chi connectivity index (χ1v) is 23.6. The van der Waals surface area contributed by atoms with E-state index in [4.69, 9.17) is 29.8 Å². The first kappa shape index (κ1) is 61.0. The molecule has 69 heavy (non-hydrogen) atoms. The van der Waals surface area contributed by atoms with Gasteiger partial charge >= 0.3 is 18.0 Å². The molecular weight excluding hydrogens is 903 g/mol. The van der Waals surface area contributed by atoms with E-state index in [1.165, 1.54) is 0 Å². The number of rotatable bonds is 30. The van der Waals surface area contributed by atoms with Crippen molar-refractivity contribution in [3.8, 4) is 0 Å². The number of carboxylic acid groups (broad SMARTS) is 1. The summed E-state index contributed by atoms with van der Waals surface area (Å²) in [5, 5.41) is 110. The van der Waals surface area contributed by atoms with Crippen LogP contribution in [-0.2, 0) is 28.5 Å². The van der Waals surface area contributed by atoms with Crippen molar-refractivity contribution in [1.82, 2.24) is 10.6 Å². The third-order valence-corrected chi connectivity index (χ3v) is 11.7. The van der Waals surface area contributed by atoms with Crippen molar-refractivity contribution >= 4 is 18.0 Å². The summed E-state index contributed by atoms with van der Waals surface area (Å²) in [4.78, 5) is 36.1. The highest BCUT2D eigenvalue weighted by Gasteiger charge is 2.45. The van der Waals surface area contributed by atoms with Gasteiger partial charge in [-0.05, 0) is 46.5 Å². The SMILES string of the molecule is C/C=C/C=C/C=C/C=C/C=C/C=C/C=C/C(C[C@@H]1OC(O)(CC(O)CC(O)C(O)CCC(O)CC(O)CC(=O)O[C@@H](C)[C@H](C)CO)CCC1NC(=O)NCCC(=O)O)OC1OC(C)C(O)C(N)C1O. The van der Waals surface area contributed by atoms with Gasteiger partial charge in [-0.25, -0.2) is 4.79 Å². The van der Waals surface area contributed by atoms with Crippen molar-refractivity contribution in [2.75, 3.05) is 13.2 Å². The number of carboxylic acids is 1. The van der Waals surface area contributed by atoms with E-state index in [9.17, 15) is 60.3 Å². The smallest absolute Gasteiger partial charge is 0.315 e. The second kappa shape index (κ2) is 32.7. The van der Waals surface area contributed by atoms with Crippen molar-refractivity contribution in [3.63, 3.8) is 0 Å². The number of hydrogen-bond acceptors (Lipinski definition) is 17. The van der Waals surface area contributed by atoms with Gasteiger partial charge in [0, 0.05) is 44.8 Å². The summed E-state index contributed by atoms with van der Waals surface area (Å²) < 4.78 is 23.4. The molecule has 2 amide bonds. The van der Waals surface area contributed by atoms with Crippen molar-refractivity contribution in [1.29, 1.82) is 0 Å². The number of allylic oxidation sites excluding steroid dienone is 13. The molecule has 13 unspecified atom stereocenters. The number of amides is 2. The molecule has 20 heteroatoms. The Labute approximate surface area is 405 Å². The minimum Gasteiger partial charge on any atom is -0.481 e. The summed E-state index contributed by atoms with van der Waals surface area (Å²) >= 11 is 0. The number of hydrogen-bond donors (Lipinski definition) is 13. The summed E-state index contributed by atoms with van der Waals surface area (Å²) in [7, 11) is 0. The molecule has 0 spiro atoms. The molecule has 2 rings (SSSR count). The third-order valence-electron chi connectivity index (χ3n) is 11.7. The normalized spacial score (nSPS) is 28.4. The molecule has 392 valence electrons. The van der Waals surface area contributed by atoms with Gasteiger partial charge in [0.25, 0.3) is 0 Å². The molecule has 2 fully saturated rings. The third kappa shape index (κ3) is 24.5. The number of esters is 1. The molecule has 0 aromatic heterocycles.